The third-order valence-electron chi connectivity index (χ3n) is 6.93. The Bertz CT molecular complexity index is 1340. The maximum atomic E-state index is 14.4. The largest absolute Gasteiger partial charge is 0.326 e. The highest BCUT2D eigenvalue weighted by Crippen LogP contribution is 2.38. The van der Waals surface area contributed by atoms with Crippen LogP contribution in [-0.2, 0) is 9.59 Å². The fourth-order valence-corrected chi connectivity index (χ4v) is 5.05. The minimum Gasteiger partial charge on any atom is -0.326 e. The van der Waals surface area contributed by atoms with E-state index in [1.165, 1.54) is 17.1 Å². The lowest BCUT2D eigenvalue weighted by molar-refractivity contribution is -0.146. The normalized spacial score (nSPS) is 19.5. The molecule has 3 N–H and O–H groups in total. The van der Waals surface area contributed by atoms with Gasteiger partial charge in [-0.1, -0.05) is 80.9 Å². The highest BCUT2D eigenvalue weighted by atomic mass is 19.1. The smallest absolute Gasteiger partial charge is 0.319 e. The number of amides is 4. The monoisotopic (exact) mass is 544 g/mol. The van der Waals surface area contributed by atoms with Crippen molar-refractivity contribution < 1.29 is 18.8 Å². The van der Waals surface area contributed by atoms with Gasteiger partial charge in [0.15, 0.2) is 0 Å². The van der Waals surface area contributed by atoms with Crippen molar-refractivity contribution in [3.8, 4) is 0 Å². The average Bonchev–Trinajstić information content (AvgIpc) is 3.02. The van der Waals surface area contributed by atoms with Gasteiger partial charge in [0, 0.05) is 12.1 Å². The first-order valence-corrected chi connectivity index (χ1v) is 13.6. The molecule has 40 heavy (non-hydrogen) atoms. The molecule has 0 radical (unpaired) electrons. The molecule has 210 valence electrons. The lowest BCUT2D eigenvalue weighted by Gasteiger charge is -2.33. The molecule has 0 bridgehead atoms. The van der Waals surface area contributed by atoms with Gasteiger partial charge < -0.3 is 10.6 Å². The average molecular weight is 545 g/mol. The number of anilines is 1. The molecule has 1 aliphatic heterocycles. The lowest BCUT2D eigenvalue weighted by atomic mass is 9.86. The Morgan fingerprint density at radius 3 is 2.25 bits per heavy atom. The van der Waals surface area contributed by atoms with Crippen LogP contribution in [0.4, 0.5) is 14.9 Å². The predicted molar refractivity (Wildman–Crippen MR) is 154 cm³/mol. The molecule has 3 aromatic rings. The van der Waals surface area contributed by atoms with Crippen molar-refractivity contribution in [2.24, 2.45) is 5.41 Å². The van der Waals surface area contributed by atoms with Crippen LogP contribution in [0.2, 0.25) is 0 Å². The standard InChI is InChI=1S/C32H37FN4O3/c1-21-13-15-26(16-14-21)34-31(40)35-27-18-24(22-9-6-5-7-10-22)19-28(23-11-8-12-25(33)17-23)37(30(27)39)36-29(38)20-32(2,3)4/h5-17,24,27-28H,18-20H2,1-4H3,(H,36,38)(H2,34,35,40). The molecule has 1 aliphatic rings. The lowest BCUT2D eigenvalue weighted by Crippen LogP contribution is -2.55. The van der Waals surface area contributed by atoms with E-state index in [9.17, 15) is 18.8 Å². The topological polar surface area (TPSA) is 90.5 Å². The number of hydrogen-bond acceptors (Lipinski definition) is 3. The second-order valence-electron chi connectivity index (χ2n) is 11.6. The Morgan fingerprint density at radius 1 is 0.925 bits per heavy atom. The fourth-order valence-electron chi connectivity index (χ4n) is 5.05. The van der Waals surface area contributed by atoms with E-state index < -0.39 is 29.8 Å². The van der Waals surface area contributed by atoms with Gasteiger partial charge in [-0.15, -0.1) is 0 Å². The fraction of sp³-hybridized carbons (Fsp3) is 0.344. The Kier molecular flexibility index (Phi) is 8.87. The van der Waals surface area contributed by atoms with Crippen LogP contribution in [0.25, 0.3) is 0 Å². The van der Waals surface area contributed by atoms with E-state index in [0.29, 0.717) is 24.1 Å². The molecule has 7 nitrogen and oxygen atoms in total. The van der Waals surface area contributed by atoms with E-state index in [1.54, 1.807) is 24.3 Å². The summed E-state index contributed by atoms with van der Waals surface area (Å²) in [7, 11) is 0. The molecule has 4 rings (SSSR count). The minimum atomic E-state index is -0.941. The van der Waals surface area contributed by atoms with E-state index in [4.69, 9.17) is 0 Å². The zero-order valence-electron chi connectivity index (χ0n) is 23.4. The second kappa shape index (κ2) is 12.3. The molecular weight excluding hydrogens is 507 g/mol. The predicted octanol–water partition coefficient (Wildman–Crippen LogP) is 6.24. The van der Waals surface area contributed by atoms with Crippen molar-refractivity contribution >= 4 is 23.5 Å². The van der Waals surface area contributed by atoms with E-state index in [-0.39, 0.29) is 23.7 Å². The van der Waals surface area contributed by atoms with Crippen molar-refractivity contribution in [3.05, 3.63) is 101 Å². The van der Waals surface area contributed by atoms with Crippen LogP contribution in [0.5, 0.6) is 0 Å². The van der Waals surface area contributed by atoms with Crippen molar-refractivity contribution in [2.75, 3.05) is 5.32 Å². The van der Waals surface area contributed by atoms with Crippen LogP contribution in [-0.4, -0.2) is 28.9 Å². The van der Waals surface area contributed by atoms with Crippen molar-refractivity contribution in [3.63, 3.8) is 0 Å². The number of hydrogen-bond donors (Lipinski definition) is 3. The van der Waals surface area contributed by atoms with Gasteiger partial charge in [0.2, 0.25) is 5.91 Å². The maximum absolute atomic E-state index is 14.4. The van der Waals surface area contributed by atoms with Gasteiger partial charge in [0.1, 0.15) is 11.9 Å². The van der Waals surface area contributed by atoms with Crippen molar-refractivity contribution in [2.45, 2.75) is 65.0 Å². The third-order valence-corrected chi connectivity index (χ3v) is 6.93. The molecule has 0 aliphatic carbocycles. The SMILES string of the molecule is Cc1ccc(NC(=O)NC2CC(c3ccccc3)CC(c3cccc(F)c3)N(NC(=O)CC(C)(C)C)C2=O)cc1. The van der Waals surface area contributed by atoms with Gasteiger partial charge in [0.25, 0.3) is 5.91 Å². The molecule has 1 fully saturated rings. The maximum Gasteiger partial charge on any atom is 0.319 e. The number of benzene rings is 3. The molecule has 1 heterocycles. The summed E-state index contributed by atoms with van der Waals surface area (Å²) in [6.45, 7) is 7.76. The number of nitrogens with one attached hydrogen (secondary N) is 3. The minimum absolute atomic E-state index is 0.160. The summed E-state index contributed by atoms with van der Waals surface area (Å²) in [4.78, 5) is 40.2. The van der Waals surface area contributed by atoms with Gasteiger partial charge in [0.05, 0.1) is 6.04 Å². The summed E-state index contributed by atoms with van der Waals surface area (Å²) in [6, 6.07) is 21.0. The first-order valence-electron chi connectivity index (χ1n) is 13.6. The van der Waals surface area contributed by atoms with E-state index >= 15 is 0 Å². The molecule has 4 amide bonds. The summed E-state index contributed by atoms with van der Waals surface area (Å²) < 4.78 is 14.4. The Labute approximate surface area is 235 Å². The molecule has 3 unspecified atom stereocenters. The third kappa shape index (κ3) is 7.68. The van der Waals surface area contributed by atoms with Crippen LogP contribution >= 0.6 is 0 Å². The second-order valence-corrected chi connectivity index (χ2v) is 11.6. The van der Waals surface area contributed by atoms with Gasteiger partial charge in [-0.2, -0.15) is 0 Å². The summed E-state index contributed by atoms with van der Waals surface area (Å²) in [5.41, 5.74) is 5.71. The molecular formula is C32H37FN4O3. The van der Waals surface area contributed by atoms with Gasteiger partial charge >= 0.3 is 6.03 Å². The van der Waals surface area contributed by atoms with Crippen LogP contribution < -0.4 is 16.1 Å². The first kappa shape index (κ1) is 28.8. The molecule has 0 saturated carbocycles. The number of halogens is 1. The summed E-state index contributed by atoms with van der Waals surface area (Å²) >= 11 is 0. The van der Waals surface area contributed by atoms with Crippen LogP contribution in [0.15, 0.2) is 78.9 Å². The van der Waals surface area contributed by atoms with Gasteiger partial charge in [-0.25, -0.2) is 14.2 Å². The van der Waals surface area contributed by atoms with Crippen LogP contribution in [0, 0.1) is 18.2 Å². The summed E-state index contributed by atoms with van der Waals surface area (Å²) in [5, 5.41) is 6.93. The number of urea groups is 1. The molecule has 0 aromatic heterocycles. The van der Waals surface area contributed by atoms with Crippen LogP contribution in [0.3, 0.4) is 0 Å². The van der Waals surface area contributed by atoms with Crippen molar-refractivity contribution in [1.82, 2.24) is 15.8 Å². The zero-order valence-corrected chi connectivity index (χ0v) is 23.4. The Balaban J connectivity index is 1.70. The zero-order chi connectivity index (χ0) is 28.9. The molecule has 0 spiro atoms. The first-order chi connectivity index (χ1) is 19.0. The van der Waals surface area contributed by atoms with Gasteiger partial charge in [-0.3, -0.25) is 15.0 Å². The Morgan fingerprint density at radius 2 is 1.60 bits per heavy atom. The molecule has 3 aromatic carbocycles. The molecule has 8 heteroatoms. The quantitative estimate of drug-likeness (QED) is 0.343. The molecule has 3 atom stereocenters. The Hall–Kier alpha value is -4.20. The number of rotatable bonds is 6. The molecule has 1 saturated heterocycles. The number of carbonyl (C=O) groups is 3. The number of carbonyl (C=O) groups excluding carboxylic acids is 3. The van der Waals surface area contributed by atoms with E-state index in [2.05, 4.69) is 16.1 Å². The highest BCUT2D eigenvalue weighted by Gasteiger charge is 2.40. The van der Waals surface area contributed by atoms with E-state index in [0.717, 1.165) is 11.1 Å². The number of aryl methyl sites for hydroxylation is 1. The van der Waals surface area contributed by atoms with Gasteiger partial charge in [-0.05, 0) is 66.5 Å². The highest BCUT2D eigenvalue weighted by molar-refractivity contribution is 5.94. The van der Waals surface area contributed by atoms with Crippen LogP contribution in [0.1, 0.15) is 68.7 Å². The van der Waals surface area contributed by atoms with E-state index in [1.807, 2.05) is 70.2 Å². The number of nitrogens with zero attached hydrogens (tertiary/aromatic N) is 1. The number of hydrazine groups is 1. The summed E-state index contributed by atoms with van der Waals surface area (Å²) in [5.74, 6) is -1.39. The van der Waals surface area contributed by atoms with Crippen molar-refractivity contribution in [1.29, 1.82) is 0 Å². The summed E-state index contributed by atoms with van der Waals surface area (Å²) in [6.07, 6.45) is 0.912.